The number of aromatic nitrogens is 1. The molecule has 2 aromatic carbocycles. The molecule has 2 N–H and O–H groups in total. The summed E-state index contributed by atoms with van der Waals surface area (Å²) in [5, 5.41) is 1.16. The molecule has 0 unspecified atom stereocenters. The number of benzene rings is 2. The van der Waals surface area contributed by atoms with Crippen molar-refractivity contribution in [2.75, 3.05) is 7.11 Å². The van der Waals surface area contributed by atoms with Gasteiger partial charge in [-0.1, -0.05) is 18.2 Å². The molecule has 1 aromatic heterocycles. The molecule has 3 rings (SSSR count). The second kappa shape index (κ2) is 5.02. The average molecular weight is 266 g/mol. The van der Waals surface area contributed by atoms with Crippen LogP contribution in [0.1, 0.15) is 11.3 Å². The van der Waals surface area contributed by atoms with Crippen molar-refractivity contribution < 1.29 is 4.74 Å². The molecule has 0 saturated carbocycles. The van der Waals surface area contributed by atoms with Crippen molar-refractivity contribution in [2.24, 2.45) is 5.73 Å². The van der Waals surface area contributed by atoms with Gasteiger partial charge in [0.05, 0.1) is 12.6 Å². The zero-order valence-corrected chi connectivity index (χ0v) is 11.8. The third kappa shape index (κ3) is 1.87. The third-order valence-corrected chi connectivity index (χ3v) is 3.76. The van der Waals surface area contributed by atoms with E-state index in [1.165, 1.54) is 11.3 Å². The smallest absolute Gasteiger partial charge is 0.119 e. The van der Waals surface area contributed by atoms with Gasteiger partial charge in [0.15, 0.2) is 0 Å². The highest BCUT2D eigenvalue weighted by Gasteiger charge is 2.14. The predicted octanol–water partition coefficient (Wildman–Crippen LogP) is 3.41. The molecule has 0 aliphatic carbocycles. The fraction of sp³-hybridized carbons (Fsp3) is 0.176. The molecule has 102 valence electrons. The van der Waals surface area contributed by atoms with Crippen LogP contribution in [-0.4, -0.2) is 11.7 Å². The topological polar surface area (TPSA) is 40.2 Å². The Morgan fingerprint density at radius 3 is 2.50 bits per heavy atom. The van der Waals surface area contributed by atoms with Gasteiger partial charge in [0.1, 0.15) is 5.75 Å². The van der Waals surface area contributed by atoms with Gasteiger partial charge in [-0.15, -0.1) is 0 Å². The third-order valence-electron chi connectivity index (χ3n) is 3.76. The van der Waals surface area contributed by atoms with Crippen molar-refractivity contribution in [1.29, 1.82) is 0 Å². The molecule has 0 radical (unpaired) electrons. The fourth-order valence-corrected chi connectivity index (χ4v) is 2.76. The number of rotatable bonds is 3. The molecule has 0 bridgehead atoms. The summed E-state index contributed by atoms with van der Waals surface area (Å²) in [6.45, 7) is 2.64. The summed E-state index contributed by atoms with van der Waals surface area (Å²) in [7, 11) is 1.68. The molecular formula is C17H18N2O. The standard InChI is InChI=1S/C17H18N2O/c1-12-16(11-18)15-10-14(20-2)8-9-17(15)19(12)13-6-4-3-5-7-13/h3-10H,11,18H2,1-2H3. The summed E-state index contributed by atoms with van der Waals surface area (Å²) < 4.78 is 7.57. The van der Waals surface area contributed by atoms with Crippen LogP contribution in [0.15, 0.2) is 48.5 Å². The Hall–Kier alpha value is -2.26. The van der Waals surface area contributed by atoms with E-state index in [9.17, 15) is 0 Å². The molecule has 1 heterocycles. The van der Waals surface area contributed by atoms with Gasteiger partial charge in [-0.3, -0.25) is 0 Å². The minimum Gasteiger partial charge on any atom is -0.497 e. The first-order valence-corrected chi connectivity index (χ1v) is 6.69. The highest BCUT2D eigenvalue weighted by atomic mass is 16.5. The van der Waals surface area contributed by atoms with Gasteiger partial charge in [-0.05, 0) is 42.8 Å². The van der Waals surface area contributed by atoms with Gasteiger partial charge in [0.25, 0.3) is 0 Å². The number of fused-ring (bicyclic) bond motifs is 1. The van der Waals surface area contributed by atoms with Crippen LogP contribution in [0.4, 0.5) is 0 Å². The zero-order valence-electron chi connectivity index (χ0n) is 11.8. The van der Waals surface area contributed by atoms with Gasteiger partial charge in [-0.2, -0.15) is 0 Å². The molecule has 0 atom stereocenters. The first kappa shape index (κ1) is 12.8. The van der Waals surface area contributed by atoms with Crippen LogP contribution in [0, 0.1) is 6.92 Å². The van der Waals surface area contributed by atoms with Crippen molar-refractivity contribution >= 4 is 10.9 Å². The van der Waals surface area contributed by atoms with Crippen LogP contribution >= 0.6 is 0 Å². The van der Waals surface area contributed by atoms with Crippen molar-refractivity contribution in [2.45, 2.75) is 13.5 Å². The number of nitrogens with two attached hydrogens (primary N) is 1. The molecular weight excluding hydrogens is 248 g/mol. The van der Waals surface area contributed by atoms with E-state index in [0.717, 1.165) is 22.3 Å². The Kier molecular flexibility index (Phi) is 3.20. The number of methoxy groups -OCH3 is 1. The molecule has 0 aliphatic rings. The van der Waals surface area contributed by atoms with Crippen molar-refractivity contribution in [3.05, 3.63) is 59.8 Å². The van der Waals surface area contributed by atoms with Gasteiger partial charge < -0.3 is 15.0 Å². The van der Waals surface area contributed by atoms with E-state index < -0.39 is 0 Å². The van der Waals surface area contributed by atoms with Crippen molar-refractivity contribution in [3.63, 3.8) is 0 Å². The van der Waals surface area contributed by atoms with Crippen LogP contribution < -0.4 is 10.5 Å². The Morgan fingerprint density at radius 2 is 1.85 bits per heavy atom. The van der Waals surface area contributed by atoms with Crippen molar-refractivity contribution in [1.82, 2.24) is 4.57 Å². The lowest BCUT2D eigenvalue weighted by atomic mass is 10.1. The lowest BCUT2D eigenvalue weighted by Crippen LogP contribution is -2.00. The van der Waals surface area contributed by atoms with E-state index in [1.807, 2.05) is 24.3 Å². The SMILES string of the molecule is COc1ccc2c(c1)c(CN)c(C)n2-c1ccccc1. The van der Waals surface area contributed by atoms with Crippen LogP contribution in [-0.2, 0) is 6.54 Å². The molecule has 20 heavy (non-hydrogen) atoms. The van der Waals surface area contributed by atoms with Gasteiger partial charge in [-0.25, -0.2) is 0 Å². The maximum atomic E-state index is 5.95. The van der Waals surface area contributed by atoms with E-state index in [1.54, 1.807) is 7.11 Å². The predicted molar refractivity (Wildman–Crippen MR) is 82.5 cm³/mol. The summed E-state index contributed by atoms with van der Waals surface area (Å²) in [6.07, 6.45) is 0. The minimum absolute atomic E-state index is 0.523. The molecule has 3 aromatic rings. The first-order valence-electron chi connectivity index (χ1n) is 6.69. The monoisotopic (exact) mass is 266 g/mol. The van der Waals surface area contributed by atoms with E-state index >= 15 is 0 Å². The zero-order chi connectivity index (χ0) is 14.1. The summed E-state index contributed by atoms with van der Waals surface area (Å²) in [6, 6.07) is 16.5. The Balaban J connectivity index is 2.35. The van der Waals surface area contributed by atoms with E-state index in [0.29, 0.717) is 6.54 Å². The molecule has 0 spiro atoms. The molecule has 0 aliphatic heterocycles. The average Bonchev–Trinajstić information content (AvgIpc) is 2.78. The fourth-order valence-electron chi connectivity index (χ4n) is 2.76. The Bertz CT molecular complexity index is 745. The number of hydrogen-bond donors (Lipinski definition) is 1. The number of ether oxygens (including phenoxy) is 1. The molecule has 3 heteroatoms. The van der Waals surface area contributed by atoms with Crippen LogP contribution in [0.25, 0.3) is 16.6 Å². The summed E-state index contributed by atoms with van der Waals surface area (Å²) in [5.41, 5.74) is 10.6. The molecule has 0 saturated heterocycles. The minimum atomic E-state index is 0.523. The van der Waals surface area contributed by atoms with Crippen LogP contribution in [0.3, 0.4) is 0 Å². The lowest BCUT2D eigenvalue weighted by Gasteiger charge is -2.08. The number of hydrogen-bond acceptors (Lipinski definition) is 2. The molecule has 0 fully saturated rings. The van der Waals surface area contributed by atoms with Gasteiger partial charge >= 0.3 is 0 Å². The quantitative estimate of drug-likeness (QED) is 0.789. The first-order chi connectivity index (χ1) is 9.76. The maximum absolute atomic E-state index is 5.95. The molecule has 3 nitrogen and oxygen atoms in total. The van der Waals surface area contributed by atoms with Crippen molar-refractivity contribution in [3.8, 4) is 11.4 Å². The van der Waals surface area contributed by atoms with Gasteiger partial charge in [0.2, 0.25) is 0 Å². The highest BCUT2D eigenvalue weighted by Crippen LogP contribution is 2.31. The van der Waals surface area contributed by atoms with E-state index in [4.69, 9.17) is 10.5 Å². The Labute approximate surface area is 118 Å². The van der Waals surface area contributed by atoms with Crippen LogP contribution in [0.2, 0.25) is 0 Å². The number of para-hydroxylation sites is 1. The number of nitrogens with zero attached hydrogens (tertiary/aromatic N) is 1. The summed E-state index contributed by atoms with van der Waals surface area (Å²) in [5.74, 6) is 0.859. The molecule has 0 amide bonds. The van der Waals surface area contributed by atoms with Crippen LogP contribution in [0.5, 0.6) is 5.75 Å². The Morgan fingerprint density at radius 1 is 1.10 bits per heavy atom. The normalized spacial score (nSPS) is 10.9. The van der Waals surface area contributed by atoms with E-state index in [2.05, 4.69) is 35.8 Å². The van der Waals surface area contributed by atoms with Gasteiger partial charge in [0, 0.05) is 23.3 Å². The highest BCUT2D eigenvalue weighted by molar-refractivity contribution is 5.88. The second-order valence-corrected chi connectivity index (χ2v) is 4.82. The second-order valence-electron chi connectivity index (χ2n) is 4.82. The lowest BCUT2D eigenvalue weighted by molar-refractivity contribution is 0.415. The summed E-state index contributed by atoms with van der Waals surface area (Å²) >= 11 is 0. The maximum Gasteiger partial charge on any atom is 0.119 e. The summed E-state index contributed by atoms with van der Waals surface area (Å²) in [4.78, 5) is 0. The largest absolute Gasteiger partial charge is 0.497 e. The van der Waals surface area contributed by atoms with E-state index in [-0.39, 0.29) is 0 Å².